The van der Waals surface area contributed by atoms with Crippen molar-refractivity contribution in [1.29, 1.82) is 0 Å². The van der Waals surface area contributed by atoms with Gasteiger partial charge in [0.2, 0.25) is 17.2 Å². The molecular weight excluding hydrogens is 439 g/mol. The number of carbonyl (C=O) groups is 1. The van der Waals surface area contributed by atoms with Gasteiger partial charge in [-0.15, -0.1) is 0 Å². The number of ether oxygens (including phenoxy) is 1. The summed E-state index contributed by atoms with van der Waals surface area (Å²) in [7, 11) is 1.83. The number of benzene rings is 1. The van der Waals surface area contributed by atoms with E-state index in [1.807, 2.05) is 7.05 Å². The van der Waals surface area contributed by atoms with Gasteiger partial charge in [0.15, 0.2) is 5.82 Å². The topological polar surface area (TPSA) is 119 Å². The number of alkyl carbamates (subject to hydrolysis) is 1. The largest absolute Gasteiger partial charge is 0.444 e. The highest BCUT2D eigenvalue weighted by Gasteiger charge is 2.20. The smallest absolute Gasteiger partial charge is 0.407 e. The summed E-state index contributed by atoms with van der Waals surface area (Å²) < 4.78 is 20.5. The van der Waals surface area contributed by atoms with E-state index >= 15 is 0 Å². The van der Waals surface area contributed by atoms with Gasteiger partial charge in [-0.25, -0.2) is 14.2 Å². The molecule has 0 bridgehead atoms. The van der Waals surface area contributed by atoms with Gasteiger partial charge in [0.1, 0.15) is 11.4 Å². The number of aryl methyl sites for hydroxylation is 1. The van der Waals surface area contributed by atoms with Crippen LogP contribution in [0.25, 0.3) is 0 Å². The molecule has 0 aliphatic rings. The number of rotatable bonds is 7. The Bertz CT molecular complexity index is 1070. The second-order valence-corrected chi connectivity index (χ2v) is 8.27. The lowest BCUT2D eigenvalue weighted by atomic mass is 10.1. The normalized spacial score (nSPS) is 12.2. The zero-order valence-corrected chi connectivity index (χ0v) is 18.8. The molecule has 1 aromatic carbocycles. The van der Waals surface area contributed by atoms with Crippen molar-refractivity contribution >= 4 is 35.4 Å². The molecule has 0 saturated heterocycles. The van der Waals surface area contributed by atoms with Crippen LogP contribution < -0.4 is 16.0 Å². The highest BCUT2D eigenvalue weighted by Crippen LogP contribution is 2.20. The number of nitrogens with zero attached hydrogens (tertiary/aromatic N) is 5. The van der Waals surface area contributed by atoms with E-state index in [1.54, 1.807) is 50.0 Å². The predicted octanol–water partition coefficient (Wildman–Crippen LogP) is 3.82. The fourth-order valence-corrected chi connectivity index (χ4v) is 2.83. The van der Waals surface area contributed by atoms with Crippen molar-refractivity contribution in [2.75, 3.05) is 17.2 Å². The first kappa shape index (κ1) is 23.2. The number of aromatic nitrogens is 5. The molecule has 3 rings (SSSR count). The molecule has 12 heteroatoms. The molecule has 0 aliphatic heterocycles. The average Bonchev–Trinajstić information content (AvgIpc) is 3.08. The van der Waals surface area contributed by atoms with Crippen molar-refractivity contribution in [3.05, 3.63) is 53.5 Å². The Balaban J connectivity index is 1.79. The van der Waals surface area contributed by atoms with Gasteiger partial charge in [-0.05, 0) is 50.1 Å². The molecule has 3 aromatic rings. The molecule has 1 atom stereocenters. The molecular formula is C20H24ClFN8O2. The molecule has 32 heavy (non-hydrogen) atoms. The molecule has 10 nitrogen and oxygen atoms in total. The van der Waals surface area contributed by atoms with Crippen LogP contribution in [0.4, 0.5) is 26.9 Å². The monoisotopic (exact) mass is 462 g/mol. The molecule has 0 fully saturated rings. The lowest BCUT2D eigenvalue weighted by Gasteiger charge is -2.23. The van der Waals surface area contributed by atoms with Crippen LogP contribution in [-0.2, 0) is 11.8 Å². The van der Waals surface area contributed by atoms with Crippen molar-refractivity contribution in [3.8, 4) is 0 Å². The fraction of sp³-hybridized carbons (Fsp3) is 0.350. The van der Waals surface area contributed by atoms with E-state index in [2.05, 4.69) is 35.9 Å². The molecule has 2 aromatic heterocycles. The van der Waals surface area contributed by atoms with E-state index in [-0.39, 0.29) is 29.5 Å². The first-order valence-corrected chi connectivity index (χ1v) is 10.1. The molecule has 0 aliphatic carbocycles. The number of anilines is 3. The summed E-state index contributed by atoms with van der Waals surface area (Å²) in [5.74, 6) is 0.493. The summed E-state index contributed by atoms with van der Waals surface area (Å²) in [6, 6.07) is 5.33. The maximum Gasteiger partial charge on any atom is 0.407 e. The van der Waals surface area contributed by atoms with Crippen LogP contribution in [0.2, 0.25) is 5.28 Å². The first-order valence-electron chi connectivity index (χ1n) is 9.73. The van der Waals surface area contributed by atoms with Gasteiger partial charge < -0.3 is 25.3 Å². The second-order valence-electron chi connectivity index (χ2n) is 7.93. The third kappa shape index (κ3) is 7.05. The minimum absolute atomic E-state index is 0.0427. The van der Waals surface area contributed by atoms with Gasteiger partial charge in [0.25, 0.3) is 0 Å². The van der Waals surface area contributed by atoms with E-state index in [4.69, 9.17) is 16.3 Å². The molecule has 0 radical (unpaired) electrons. The molecule has 1 unspecified atom stereocenters. The van der Waals surface area contributed by atoms with E-state index in [1.165, 1.54) is 12.1 Å². The summed E-state index contributed by atoms with van der Waals surface area (Å²) in [5.41, 5.74) is 0.0506. The molecule has 3 N–H and O–H groups in total. The van der Waals surface area contributed by atoms with Crippen molar-refractivity contribution in [3.63, 3.8) is 0 Å². The lowest BCUT2D eigenvalue weighted by molar-refractivity contribution is 0.0525. The van der Waals surface area contributed by atoms with Gasteiger partial charge in [-0.2, -0.15) is 15.0 Å². The summed E-state index contributed by atoms with van der Waals surface area (Å²) >= 11 is 6.06. The van der Waals surface area contributed by atoms with Crippen molar-refractivity contribution in [2.24, 2.45) is 7.05 Å². The summed E-state index contributed by atoms with van der Waals surface area (Å²) in [6.07, 6.45) is 2.78. The zero-order chi connectivity index (χ0) is 23.3. The van der Waals surface area contributed by atoms with Crippen molar-refractivity contribution in [2.45, 2.75) is 32.4 Å². The Kier molecular flexibility index (Phi) is 7.08. The maximum absolute atomic E-state index is 13.4. The zero-order valence-electron chi connectivity index (χ0n) is 18.1. The minimum atomic E-state index is -0.642. The van der Waals surface area contributed by atoms with E-state index < -0.39 is 17.7 Å². The molecule has 0 spiro atoms. The number of amides is 1. The molecule has 170 valence electrons. The average molecular weight is 463 g/mol. The number of hydrogen-bond acceptors (Lipinski definition) is 8. The van der Waals surface area contributed by atoms with Gasteiger partial charge in [0.05, 0.1) is 12.4 Å². The minimum Gasteiger partial charge on any atom is -0.444 e. The van der Waals surface area contributed by atoms with Gasteiger partial charge in [-0.3, -0.25) is 0 Å². The standard InChI is InChI=1S/C20H24ClFN8O2/c1-20(2,3)32-19(31)23-9-14(12-5-7-13(22)8-6-12)25-17-27-16(21)28-18(29-17)26-15-10-30(4)11-24-15/h5-8,10-11,14H,9H2,1-4H3,(H,23,31)(H2,25,26,27,28,29). The molecule has 2 heterocycles. The third-order valence-electron chi connectivity index (χ3n) is 3.98. The Morgan fingerprint density at radius 3 is 2.50 bits per heavy atom. The number of imidazole rings is 1. The van der Waals surface area contributed by atoms with Crippen LogP contribution in [0.5, 0.6) is 0 Å². The number of nitrogens with one attached hydrogen (secondary N) is 3. The Morgan fingerprint density at radius 1 is 1.19 bits per heavy atom. The number of carbonyl (C=O) groups excluding carboxylic acids is 1. The van der Waals surface area contributed by atoms with E-state index in [0.29, 0.717) is 11.4 Å². The van der Waals surface area contributed by atoms with Crippen LogP contribution in [-0.4, -0.2) is 42.7 Å². The van der Waals surface area contributed by atoms with Gasteiger partial charge >= 0.3 is 6.09 Å². The van der Waals surface area contributed by atoms with Crippen LogP contribution in [0, 0.1) is 5.82 Å². The number of halogens is 2. The van der Waals surface area contributed by atoms with Crippen molar-refractivity contribution < 1.29 is 13.9 Å². The van der Waals surface area contributed by atoms with E-state index in [9.17, 15) is 9.18 Å². The predicted molar refractivity (Wildman–Crippen MR) is 118 cm³/mol. The Hall–Kier alpha value is -3.47. The highest BCUT2D eigenvalue weighted by atomic mass is 35.5. The van der Waals surface area contributed by atoms with Crippen LogP contribution >= 0.6 is 11.6 Å². The SMILES string of the molecule is Cn1cnc(Nc2nc(Cl)nc(NC(CNC(=O)OC(C)(C)C)c3ccc(F)cc3)n2)c1. The quantitative estimate of drug-likeness (QED) is 0.485. The van der Waals surface area contributed by atoms with Gasteiger partial charge in [0, 0.05) is 19.8 Å². The maximum atomic E-state index is 13.4. The Labute approximate surface area is 189 Å². The Morgan fingerprint density at radius 2 is 1.88 bits per heavy atom. The molecule has 1 amide bonds. The van der Waals surface area contributed by atoms with Crippen LogP contribution in [0.15, 0.2) is 36.8 Å². The summed E-state index contributed by atoms with van der Waals surface area (Å²) in [6.45, 7) is 5.43. The summed E-state index contributed by atoms with van der Waals surface area (Å²) in [5, 5.41) is 8.70. The number of hydrogen-bond donors (Lipinski definition) is 3. The van der Waals surface area contributed by atoms with Crippen LogP contribution in [0.1, 0.15) is 32.4 Å². The van der Waals surface area contributed by atoms with Crippen LogP contribution in [0.3, 0.4) is 0 Å². The third-order valence-corrected chi connectivity index (χ3v) is 4.15. The lowest BCUT2D eigenvalue weighted by Crippen LogP contribution is -2.36. The van der Waals surface area contributed by atoms with Gasteiger partial charge in [-0.1, -0.05) is 12.1 Å². The molecule has 0 saturated carbocycles. The van der Waals surface area contributed by atoms with E-state index in [0.717, 1.165) is 0 Å². The first-order chi connectivity index (χ1) is 15.1. The second kappa shape index (κ2) is 9.77. The summed E-state index contributed by atoms with van der Waals surface area (Å²) in [4.78, 5) is 28.7. The fourth-order valence-electron chi connectivity index (χ4n) is 2.67. The highest BCUT2D eigenvalue weighted by molar-refractivity contribution is 6.28. The van der Waals surface area contributed by atoms with Crippen molar-refractivity contribution in [1.82, 2.24) is 29.8 Å².